The summed E-state index contributed by atoms with van der Waals surface area (Å²) in [5.41, 5.74) is 3.02. The van der Waals surface area contributed by atoms with E-state index in [1.165, 1.54) is 0 Å². The molecule has 0 aliphatic heterocycles. The van der Waals surface area contributed by atoms with Gasteiger partial charge in [-0.2, -0.15) is 0 Å². The Labute approximate surface area is 158 Å². The van der Waals surface area contributed by atoms with Gasteiger partial charge in [-0.05, 0) is 55.3 Å². The molecular weight excluding hydrogens is 352 g/mol. The lowest BCUT2D eigenvalue weighted by Gasteiger charge is -2.12. The molecule has 2 aromatic carbocycles. The van der Waals surface area contributed by atoms with Crippen LogP contribution < -0.4 is 15.4 Å². The zero-order valence-corrected chi connectivity index (χ0v) is 16.1. The monoisotopic (exact) mass is 374 g/mol. The van der Waals surface area contributed by atoms with Gasteiger partial charge in [-0.1, -0.05) is 31.5 Å². The summed E-state index contributed by atoms with van der Waals surface area (Å²) < 4.78 is 5.54. The normalized spacial score (nSPS) is 10.5. The van der Waals surface area contributed by atoms with E-state index in [2.05, 4.69) is 10.6 Å². The van der Waals surface area contributed by atoms with Crippen molar-refractivity contribution < 1.29 is 14.3 Å². The number of rotatable bonds is 6. The number of carbonyl (C=O) groups excluding carboxylic acids is 2. The molecule has 0 unspecified atom stereocenters. The van der Waals surface area contributed by atoms with Crippen molar-refractivity contribution in [3.05, 3.63) is 52.5 Å². The Hall–Kier alpha value is -2.53. The molecule has 0 aliphatic carbocycles. The van der Waals surface area contributed by atoms with Crippen molar-refractivity contribution in [2.75, 3.05) is 17.2 Å². The maximum atomic E-state index is 12.1. The van der Waals surface area contributed by atoms with Gasteiger partial charge < -0.3 is 15.4 Å². The van der Waals surface area contributed by atoms with Crippen LogP contribution in [0.25, 0.3) is 0 Å². The predicted octanol–water partition coefficient (Wildman–Crippen LogP) is 4.57. The van der Waals surface area contributed by atoms with E-state index in [4.69, 9.17) is 16.3 Å². The minimum Gasteiger partial charge on any atom is -0.484 e. The van der Waals surface area contributed by atoms with E-state index in [0.717, 1.165) is 11.1 Å². The number of nitrogens with one attached hydrogen (secondary N) is 2. The van der Waals surface area contributed by atoms with Gasteiger partial charge in [0.1, 0.15) is 5.75 Å². The van der Waals surface area contributed by atoms with Gasteiger partial charge in [0.05, 0.1) is 0 Å². The highest BCUT2D eigenvalue weighted by Gasteiger charge is 2.09. The van der Waals surface area contributed by atoms with E-state index in [1.807, 2.05) is 27.7 Å². The van der Waals surface area contributed by atoms with Crippen molar-refractivity contribution in [2.45, 2.75) is 27.7 Å². The molecule has 2 N–H and O–H groups in total. The van der Waals surface area contributed by atoms with Gasteiger partial charge in [0.25, 0.3) is 5.91 Å². The number of amides is 2. The minimum atomic E-state index is -0.289. The molecule has 5 nitrogen and oxygen atoms in total. The average molecular weight is 375 g/mol. The summed E-state index contributed by atoms with van der Waals surface area (Å²) in [6, 6.07) is 10.6. The topological polar surface area (TPSA) is 67.4 Å². The first-order valence-electron chi connectivity index (χ1n) is 8.36. The third kappa shape index (κ3) is 5.49. The summed E-state index contributed by atoms with van der Waals surface area (Å²) in [5, 5.41) is 6.25. The summed E-state index contributed by atoms with van der Waals surface area (Å²) in [5.74, 6) is 0.110. The largest absolute Gasteiger partial charge is 0.484 e. The molecule has 0 fully saturated rings. The Morgan fingerprint density at radius 2 is 1.62 bits per heavy atom. The zero-order valence-electron chi connectivity index (χ0n) is 15.4. The Morgan fingerprint density at radius 3 is 2.19 bits per heavy atom. The fourth-order valence-electron chi connectivity index (χ4n) is 2.30. The second kappa shape index (κ2) is 8.72. The third-order valence-corrected chi connectivity index (χ3v) is 4.31. The fraction of sp³-hybridized carbons (Fsp3) is 0.300. The number of aryl methyl sites for hydroxylation is 2. The summed E-state index contributed by atoms with van der Waals surface area (Å²) in [6.45, 7) is 7.29. The van der Waals surface area contributed by atoms with Crippen LogP contribution in [0.4, 0.5) is 11.4 Å². The lowest BCUT2D eigenvalue weighted by Crippen LogP contribution is -2.21. The van der Waals surface area contributed by atoms with Crippen molar-refractivity contribution in [1.82, 2.24) is 0 Å². The number of hydrogen-bond donors (Lipinski definition) is 2. The number of ether oxygens (including phenoxy) is 1. The third-order valence-electron chi connectivity index (χ3n) is 3.72. The number of benzene rings is 2. The molecule has 2 amide bonds. The van der Waals surface area contributed by atoms with Crippen LogP contribution >= 0.6 is 11.6 Å². The Bertz CT molecular complexity index is 795. The van der Waals surface area contributed by atoms with Crippen LogP contribution in [-0.2, 0) is 9.59 Å². The number of anilines is 2. The first-order valence-corrected chi connectivity index (χ1v) is 8.74. The van der Waals surface area contributed by atoms with Gasteiger partial charge in [-0.15, -0.1) is 0 Å². The van der Waals surface area contributed by atoms with Crippen LogP contribution in [0.5, 0.6) is 5.75 Å². The zero-order chi connectivity index (χ0) is 19.3. The summed E-state index contributed by atoms with van der Waals surface area (Å²) in [7, 11) is 0. The molecule has 2 rings (SSSR count). The van der Waals surface area contributed by atoms with Crippen molar-refractivity contribution in [1.29, 1.82) is 0 Å². The highest BCUT2D eigenvalue weighted by atomic mass is 35.5. The number of carbonyl (C=O) groups is 2. The average Bonchev–Trinajstić information content (AvgIpc) is 2.58. The van der Waals surface area contributed by atoms with E-state index in [9.17, 15) is 9.59 Å². The molecule has 0 bridgehead atoms. The molecule has 26 heavy (non-hydrogen) atoms. The molecule has 138 valence electrons. The lowest BCUT2D eigenvalue weighted by atomic mass is 10.1. The maximum Gasteiger partial charge on any atom is 0.262 e. The molecule has 0 atom stereocenters. The second-order valence-corrected chi connectivity index (χ2v) is 6.81. The number of hydrogen-bond acceptors (Lipinski definition) is 3. The molecule has 0 saturated heterocycles. The highest BCUT2D eigenvalue weighted by Crippen LogP contribution is 2.25. The van der Waals surface area contributed by atoms with Crippen LogP contribution in [0, 0.1) is 19.8 Å². The van der Waals surface area contributed by atoms with Gasteiger partial charge in [-0.3, -0.25) is 9.59 Å². The van der Waals surface area contributed by atoms with Gasteiger partial charge in [-0.25, -0.2) is 0 Å². The van der Waals surface area contributed by atoms with Crippen LogP contribution in [-0.4, -0.2) is 18.4 Å². The van der Waals surface area contributed by atoms with Gasteiger partial charge >= 0.3 is 0 Å². The van der Waals surface area contributed by atoms with Crippen LogP contribution in [0.1, 0.15) is 25.0 Å². The summed E-state index contributed by atoms with van der Waals surface area (Å²) in [6.07, 6.45) is 0. The highest BCUT2D eigenvalue weighted by molar-refractivity contribution is 6.32. The lowest BCUT2D eigenvalue weighted by molar-refractivity contribution is -0.119. The Kier molecular flexibility index (Phi) is 6.64. The molecular formula is C20H23ClN2O3. The van der Waals surface area contributed by atoms with Crippen LogP contribution in [0.15, 0.2) is 36.4 Å². The quantitative estimate of drug-likeness (QED) is 0.778. The van der Waals surface area contributed by atoms with Crippen molar-refractivity contribution >= 4 is 34.8 Å². The fourth-order valence-corrected chi connectivity index (χ4v) is 2.41. The maximum absolute atomic E-state index is 12.1. The van der Waals surface area contributed by atoms with Crippen molar-refractivity contribution in [3.63, 3.8) is 0 Å². The van der Waals surface area contributed by atoms with E-state index >= 15 is 0 Å². The first-order chi connectivity index (χ1) is 12.3. The Morgan fingerprint density at radius 1 is 1.04 bits per heavy atom. The molecule has 2 aromatic rings. The molecule has 0 aliphatic rings. The van der Waals surface area contributed by atoms with Crippen molar-refractivity contribution in [2.24, 2.45) is 5.92 Å². The summed E-state index contributed by atoms with van der Waals surface area (Å²) in [4.78, 5) is 23.9. The molecule has 0 saturated carbocycles. The van der Waals surface area contributed by atoms with Gasteiger partial charge in [0.2, 0.25) is 5.91 Å². The molecule has 0 aromatic heterocycles. The number of halogens is 1. The predicted molar refractivity (Wildman–Crippen MR) is 105 cm³/mol. The first kappa shape index (κ1) is 19.8. The SMILES string of the molecule is Cc1cc(OCC(=O)Nc2cccc(NC(=O)C(C)C)c2)cc(C)c1Cl. The minimum absolute atomic E-state index is 0.0784. The molecule has 0 spiro atoms. The van der Waals surface area contributed by atoms with Gasteiger partial charge in [0.15, 0.2) is 6.61 Å². The molecule has 0 radical (unpaired) electrons. The van der Waals surface area contributed by atoms with Gasteiger partial charge in [0, 0.05) is 22.3 Å². The van der Waals surface area contributed by atoms with E-state index < -0.39 is 0 Å². The Balaban J connectivity index is 1.95. The second-order valence-electron chi connectivity index (χ2n) is 6.43. The van der Waals surface area contributed by atoms with E-state index in [-0.39, 0.29) is 24.3 Å². The van der Waals surface area contributed by atoms with E-state index in [0.29, 0.717) is 22.1 Å². The van der Waals surface area contributed by atoms with E-state index in [1.54, 1.807) is 36.4 Å². The standard InChI is InChI=1S/C20H23ClN2O3/c1-12(2)20(25)23-16-7-5-6-15(10-16)22-18(24)11-26-17-8-13(3)19(21)14(4)9-17/h5-10,12H,11H2,1-4H3,(H,22,24)(H,23,25). The van der Waals surface area contributed by atoms with Crippen molar-refractivity contribution in [3.8, 4) is 5.75 Å². The van der Waals surface area contributed by atoms with Crippen LogP contribution in [0.2, 0.25) is 5.02 Å². The smallest absolute Gasteiger partial charge is 0.262 e. The van der Waals surface area contributed by atoms with Crippen LogP contribution in [0.3, 0.4) is 0 Å². The molecule has 6 heteroatoms. The molecule has 0 heterocycles. The summed E-state index contributed by atoms with van der Waals surface area (Å²) >= 11 is 6.13.